The van der Waals surface area contributed by atoms with Crippen LogP contribution < -0.4 is 20.3 Å². The zero-order chi connectivity index (χ0) is 27.4. The molecule has 1 saturated carbocycles. The molecule has 13 heteroatoms. The van der Waals surface area contributed by atoms with Gasteiger partial charge in [-0.3, -0.25) is 0 Å². The normalized spacial score (nSPS) is 21.1. The maximum absolute atomic E-state index is 14.0. The Morgan fingerprint density at radius 1 is 1.23 bits per heavy atom. The molecule has 8 nitrogen and oxygen atoms in total. The molecule has 1 aromatic carbocycles. The Morgan fingerprint density at radius 3 is 2.79 bits per heavy atom. The summed E-state index contributed by atoms with van der Waals surface area (Å²) in [5.41, 5.74) is 1.54. The van der Waals surface area contributed by atoms with Crippen molar-refractivity contribution in [2.75, 3.05) is 42.2 Å². The van der Waals surface area contributed by atoms with Crippen LogP contribution >= 0.6 is 11.3 Å². The van der Waals surface area contributed by atoms with Crippen molar-refractivity contribution >= 4 is 38.5 Å². The highest BCUT2D eigenvalue weighted by Crippen LogP contribution is 2.47. The van der Waals surface area contributed by atoms with Gasteiger partial charge in [-0.1, -0.05) is 11.3 Å². The molecule has 1 unspecified atom stereocenters. The summed E-state index contributed by atoms with van der Waals surface area (Å²) in [6.07, 6.45) is -1.56. The van der Waals surface area contributed by atoms with Gasteiger partial charge in [0, 0.05) is 43.2 Å². The van der Waals surface area contributed by atoms with Gasteiger partial charge >= 0.3 is 6.18 Å². The lowest BCUT2D eigenvalue weighted by atomic mass is 10.1. The number of ether oxygens (including phenoxy) is 1. The maximum atomic E-state index is 14.0. The van der Waals surface area contributed by atoms with Crippen LogP contribution in [0.2, 0.25) is 0 Å². The van der Waals surface area contributed by atoms with Crippen molar-refractivity contribution in [3.63, 3.8) is 0 Å². The molecule has 2 aromatic heterocycles. The standard InChI is InChI=1S/C26H28F3N5O3S2/c1-15-13-30-7-8-34(15)17-5-6-20(18(11-17)16-3-4-16)32-25-31-14-19(26(27,28)29)23(33-25)21-12-22-24(38-21)37-9-2-10-39(22,35)36/h5-6,11-12,14-16,30H,2-4,7-10,13H2,1H3,(H,31,32,33). The first kappa shape index (κ1) is 26.3. The van der Waals surface area contributed by atoms with Gasteiger partial charge < -0.3 is 20.3 Å². The fourth-order valence-electron chi connectivity index (χ4n) is 5.07. The highest BCUT2D eigenvalue weighted by atomic mass is 32.2. The number of fused-ring (bicyclic) bond motifs is 1. The van der Waals surface area contributed by atoms with E-state index >= 15 is 0 Å². The molecule has 1 atom stereocenters. The summed E-state index contributed by atoms with van der Waals surface area (Å²) >= 11 is 0.855. The molecule has 0 radical (unpaired) electrons. The molecular formula is C26H28F3N5O3S2. The number of anilines is 3. The largest absolute Gasteiger partial charge is 0.483 e. The van der Waals surface area contributed by atoms with Crippen LogP contribution in [0.25, 0.3) is 10.6 Å². The van der Waals surface area contributed by atoms with Crippen molar-refractivity contribution in [1.82, 2.24) is 15.3 Å². The lowest BCUT2D eigenvalue weighted by Gasteiger charge is -2.36. The molecule has 2 N–H and O–H groups in total. The SMILES string of the molecule is CC1CNCCN1c1ccc(Nc2ncc(C(F)(F)F)c(-c3cc4c(s3)OCCCS4(=O)=O)n2)c(C2CC2)c1. The van der Waals surface area contributed by atoms with Gasteiger partial charge in [-0.05, 0) is 61.9 Å². The van der Waals surface area contributed by atoms with Gasteiger partial charge in [0.1, 0.15) is 10.5 Å². The van der Waals surface area contributed by atoms with E-state index in [-0.39, 0.29) is 38.8 Å². The molecule has 0 amide bonds. The van der Waals surface area contributed by atoms with Gasteiger partial charge in [0.25, 0.3) is 0 Å². The zero-order valence-electron chi connectivity index (χ0n) is 21.2. The summed E-state index contributed by atoms with van der Waals surface area (Å²) in [6.45, 7) is 5.06. The minimum atomic E-state index is -4.73. The van der Waals surface area contributed by atoms with Crippen LogP contribution in [0.1, 0.15) is 43.2 Å². The summed E-state index contributed by atoms with van der Waals surface area (Å²) in [6, 6.07) is 7.69. The highest BCUT2D eigenvalue weighted by Gasteiger charge is 2.37. The number of rotatable bonds is 5. The molecule has 208 valence electrons. The smallest absolute Gasteiger partial charge is 0.420 e. The van der Waals surface area contributed by atoms with Crippen molar-refractivity contribution in [3.05, 3.63) is 41.6 Å². The molecular weight excluding hydrogens is 551 g/mol. The molecule has 0 bridgehead atoms. The van der Waals surface area contributed by atoms with E-state index in [1.54, 1.807) is 0 Å². The van der Waals surface area contributed by atoms with E-state index in [9.17, 15) is 21.6 Å². The van der Waals surface area contributed by atoms with Gasteiger partial charge in [-0.15, -0.1) is 0 Å². The number of alkyl halides is 3. The third kappa shape index (κ3) is 5.31. The third-order valence-electron chi connectivity index (χ3n) is 7.25. The zero-order valence-corrected chi connectivity index (χ0v) is 22.8. The lowest BCUT2D eigenvalue weighted by molar-refractivity contribution is -0.137. The molecule has 6 rings (SSSR count). The first-order valence-electron chi connectivity index (χ1n) is 12.9. The number of hydrogen-bond acceptors (Lipinski definition) is 9. The second-order valence-corrected chi connectivity index (χ2v) is 13.2. The number of halogens is 3. The molecule has 3 aromatic rings. The van der Waals surface area contributed by atoms with Crippen LogP contribution in [0.15, 0.2) is 35.4 Å². The van der Waals surface area contributed by atoms with E-state index < -0.39 is 21.6 Å². The Hall–Kier alpha value is -2.90. The van der Waals surface area contributed by atoms with Crippen LogP contribution in [0, 0.1) is 0 Å². The van der Waals surface area contributed by atoms with Gasteiger partial charge in [-0.2, -0.15) is 13.2 Å². The lowest BCUT2D eigenvalue weighted by Crippen LogP contribution is -2.49. The molecule has 1 aliphatic carbocycles. The molecule has 1 saturated heterocycles. The maximum Gasteiger partial charge on any atom is 0.420 e. The predicted molar refractivity (Wildman–Crippen MR) is 144 cm³/mol. The second kappa shape index (κ2) is 9.93. The van der Waals surface area contributed by atoms with Gasteiger partial charge in [-0.25, -0.2) is 18.4 Å². The average Bonchev–Trinajstić information content (AvgIpc) is 3.66. The number of benzene rings is 1. The Morgan fingerprint density at radius 2 is 2.05 bits per heavy atom. The first-order chi connectivity index (χ1) is 18.6. The first-order valence-corrected chi connectivity index (χ1v) is 15.4. The Labute approximate surface area is 228 Å². The fourth-order valence-corrected chi connectivity index (χ4v) is 7.91. The van der Waals surface area contributed by atoms with Gasteiger partial charge in [0.15, 0.2) is 14.9 Å². The summed E-state index contributed by atoms with van der Waals surface area (Å²) in [7, 11) is -3.66. The summed E-state index contributed by atoms with van der Waals surface area (Å²) in [5, 5.41) is 6.64. The average molecular weight is 580 g/mol. The summed E-state index contributed by atoms with van der Waals surface area (Å²) < 4.78 is 72.8. The molecule has 3 aliphatic rings. The Balaban J connectivity index is 1.37. The van der Waals surface area contributed by atoms with Gasteiger partial charge in [0.2, 0.25) is 5.95 Å². The second-order valence-electron chi connectivity index (χ2n) is 10.2. The molecule has 2 fully saturated rings. The number of nitrogens with zero attached hydrogens (tertiary/aromatic N) is 3. The third-order valence-corrected chi connectivity index (χ3v) is 10.2. The van der Waals surface area contributed by atoms with Crippen LogP contribution in [-0.2, 0) is 16.0 Å². The fraction of sp³-hybridized carbons (Fsp3) is 0.462. The minimum Gasteiger partial charge on any atom is -0.483 e. The van der Waals surface area contributed by atoms with Crippen LogP contribution in [0.5, 0.6) is 5.06 Å². The van der Waals surface area contributed by atoms with Gasteiger partial charge in [0.05, 0.1) is 22.9 Å². The van der Waals surface area contributed by atoms with E-state index in [2.05, 4.69) is 38.5 Å². The van der Waals surface area contributed by atoms with E-state index in [0.29, 0.717) is 18.4 Å². The highest BCUT2D eigenvalue weighted by molar-refractivity contribution is 7.91. The van der Waals surface area contributed by atoms with E-state index in [1.807, 2.05) is 12.1 Å². The van der Waals surface area contributed by atoms with E-state index in [4.69, 9.17) is 4.74 Å². The van der Waals surface area contributed by atoms with Crippen LogP contribution in [-0.4, -0.2) is 56.4 Å². The number of hydrogen-bond donors (Lipinski definition) is 2. The van der Waals surface area contributed by atoms with Crippen molar-refractivity contribution in [3.8, 4) is 15.6 Å². The van der Waals surface area contributed by atoms with Crippen molar-refractivity contribution < 1.29 is 26.3 Å². The molecule has 39 heavy (non-hydrogen) atoms. The number of nitrogens with one attached hydrogen (secondary N) is 2. The molecule has 0 spiro atoms. The molecule has 4 heterocycles. The molecule has 2 aliphatic heterocycles. The summed E-state index contributed by atoms with van der Waals surface area (Å²) in [5.74, 6) is 0.261. The minimum absolute atomic E-state index is 0.00978. The van der Waals surface area contributed by atoms with Crippen LogP contribution in [0.4, 0.5) is 30.5 Å². The number of piperazine rings is 1. The Kier molecular flexibility index (Phi) is 6.71. The van der Waals surface area contributed by atoms with E-state index in [0.717, 1.165) is 66.9 Å². The van der Waals surface area contributed by atoms with Crippen molar-refractivity contribution in [1.29, 1.82) is 0 Å². The van der Waals surface area contributed by atoms with Crippen molar-refractivity contribution in [2.45, 2.75) is 49.2 Å². The summed E-state index contributed by atoms with van der Waals surface area (Å²) in [4.78, 5) is 10.6. The topological polar surface area (TPSA) is 96.5 Å². The number of thiophene rings is 1. The Bertz CT molecular complexity index is 1500. The number of sulfone groups is 1. The quantitative estimate of drug-likeness (QED) is 0.426. The monoisotopic (exact) mass is 579 g/mol. The number of aromatic nitrogens is 2. The van der Waals surface area contributed by atoms with E-state index in [1.165, 1.54) is 6.07 Å². The van der Waals surface area contributed by atoms with Crippen LogP contribution in [0.3, 0.4) is 0 Å². The predicted octanol–water partition coefficient (Wildman–Crippen LogP) is 5.20. The van der Waals surface area contributed by atoms with Crippen molar-refractivity contribution in [2.24, 2.45) is 0 Å².